The molecule has 0 radical (unpaired) electrons. The van der Waals surface area contributed by atoms with E-state index in [1.807, 2.05) is 0 Å². The summed E-state index contributed by atoms with van der Waals surface area (Å²) in [5.74, 6) is 0. The summed E-state index contributed by atoms with van der Waals surface area (Å²) < 4.78 is 0. The summed E-state index contributed by atoms with van der Waals surface area (Å²) >= 11 is 0. The Labute approximate surface area is 117 Å². The van der Waals surface area contributed by atoms with Crippen LogP contribution in [-0.2, 0) is 0 Å². The Hall–Kier alpha value is 1.65. The molecule has 0 amide bonds. The fourth-order valence-electron chi connectivity index (χ4n) is 1.29. The van der Waals surface area contributed by atoms with Crippen LogP contribution in [0.2, 0.25) is 37.3 Å². The van der Waals surface area contributed by atoms with Crippen molar-refractivity contribution < 1.29 is 29.6 Å². The summed E-state index contributed by atoms with van der Waals surface area (Å²) in [6, 6.07) is 0. The molecular weight excluding hydrogens is 227 g/mol. The summed E-state index contributed by atoms with van der Waals surface area (Å²) in [6.45, 7) is 20.1. The van der Waals surface area contributed by atoms with E-state index in [9.17, 15) is 0 Å². The molecule has 0 aromatic carbocycles. The molecule has 0 aromatic heterocycles. The van der Waals surface area contributed by atoms with E-state index in [-0.39, 0.29) is 29.6 Å². The van der Waals surface area contributed by atoms with Crippen LogP contribution in [0.1, 0.15) is 27.7 Å². The zero-order chi connectivity index (χ0) is 10.9. The Morgan fingerprint density at radius 2 is 0.929 bits per heavy atom. The van der Waals surface area contributed by atoms with Gasteiger partial charge < -0.3 is 0 Å². The molecule has 0 nitrogen and oxygen atoms in total. The summed E-state index contributed by atoms with van der Waals surface area (Å²) in [4.78, 5) is 0. The minimum Gasteiger partial charge on any atom is -0.271 e. The van der Waals surface area contributed by atoms with E-state index in [1.54, 1.807) is 0 Å². The molecule has 0 atom stereocenters. The Morgan fingerprint density at radius 3 is 1.07 bits per heavy atom. The predicted molar refractivity (Wildman–Crippen MR) is 72.3 cm³/mol. The van der Waals surface area contributed by atoms with Crippen molar-refractivity contribution in [1.82, 2.24) is 0 Å². The molecule has 0 rings (SSSR count). The van der Waals surface area contributed by atoms with Crippen molar-refractivity contribution in [2.45, 2.75) is 65.0 Å². The van der Waals surface area contributed by atoms with Crippen molar-refractivity contribution in [1.29, 1.82) is 0 Å². The molecule has 0 N–H and O–H groups in total. The second-order valence-corrected chi connectivity index (χ2v) is 28.4. The first-order valence-electron chi connectivity index (χ1n) is 5.46. The average molecular weight is 255 g/mol. The Morgan fingerprint density at radius 1 is 0.714 bits per heavy atom. The van der Waals surface area contributed by atoms with Crippen LogP contribution in [0, 0.1) is 0 Å². The molecule has 0 aliphatic rings. The smallest absolute Gasteiger partial charge is 0.271 e. The van der Waals surface area contributed by atoms with Gasteiger partial charge in [0.1, 0.15) is 0 Å². The van der Waals surface area contributed by atoms with Crippen molar-refractivity contribution in [2.75, 3.05) is 0 Å². The van der Waals surface area contributed by atoms with E-state index in [0.29, 0.717) is 0 Å². The predicted octanol–water partition coefficient (Wildman–Crippen LogP) is 0.657. The summed E-state index contributed by atoms with van der Waals surface area (Å²) in [7, 11) is -0.881. The van der Waals surface area contributed by atoms with Crippen LogP contribution >= 0.6 is 0 Å². The van der Waals surface area contributed by atoms with Gasteiger partial charge in [-0.3, -0.25) is 8.55 Å². The molecule has 0 spiro atoms. The Kier molecular flexibility index (Phi) is 8.24. The molecule has 4 heteroatoms. The van der Waals surface area contributed by atoms with Gasteiger partial charge in [0.15, 0.2) is 0 Å². The quantitative estimate of drug-likeness (QED) is 0.647. The Bertz CT molecular complexity index is 147. The molecule has 0 aliphatic carbocycles. The van der Waals surface area contributed by atoms with Crippen LogP contribution < -0.4 is 29.6 Å². The molecule has 0 heterocycles. The van der Waals surface area contributed by atoms with E-state index in [0.717, 1.165) is 19.6 Å². The van der Waals surface area contributed by atoms with Crippen molar-refractivity contribution >= 4 is 23.7 Å². The second-order valence-electron chi connectivity index (χ2n) is 6.10. The maximum atomic E-state index is 2.60. The van der Waals surface area contributed by atoms with Gasteiger partial charge >= 0.3 is 29.6 Å². The standard InChI is InChI=1S/C10H27Si3.Na/c1-9(2)12(5,6)11-13(7,8)10(3)4;/h9-11H,1-8H3;/q-1;+1. The van der Waals surface area contributed by atoms with Crippen molar-refractivity contribution in [3.63, 3.8) is 0 Å². The normalized spacial score (nSPS) is 13.3. The zero-order valence-corrected chi connectivity index (χ0v) is 16.9. The van der Waals surface area contributed by atoms with Crippen LogP contribution in [0.25, 0.3) is 0 Å². The molecule has 0 aliphatic heterocycles. The first-order valence-corrected chi connectivity index (χ1v) is 15.2. The minimum absolute atomic E-state index is 0. The second kappa shape index (κ2) is 6.40. The third-order valence-corrected chi connectivity index (χ3v) is 33.0. The molecule has 0 unspecified atom stereocenters. The van der Waals surface area contributed by atoms with Gasteiger partial charge in [0.25, 0.3) is 0 Å². The number of hydrogen-bond acceptors (Lipinski definition) is 0. The molecule has 0 saturated heterocycles. The van der Waals surface area contributed by atoms with Gasteiger partial charge in [-0.15, -0.1) is 15.2 Å². The molecule has 0 saturated carbocycles. The minimum atomic E-state index is -0.834. The molecular formula is C10H27NaSi3. The third kappa shape index (κ3) is 5.66. The first-order chi connectivity index (χ1) is 5.59. The van der Waals surface area contributed by atoms with Crippen LogP contribution in [0.15, 0.2) is 0 Å². The fourth-order valence-corrected chi connectivity index (χ4v) is 34.9. The molecule has 14 heavy (non-hydrogen) atoms. The van der Waals surface area contributed by atoms with Crippen molar-refractivity contribution in [3.05, 3.63) is 0 Å². The SMILES string of the molecule is CC(C)[Si](C)(C)[SiH-][Si](C)(C)C(C)C.[Na+]. The van der Waals surface area contributed by atoms with Crippen molar-refractivity contribution in [3.8, 4) is 0 Å². The topological polar surface area (TPSA) is 0 Å². The van der Waals surface area contributed by atoms with Crippen LogP contribution in [0.4, 0.5) is 0 Å². The van der Waals surface area contributed by atoms with E-state index in [1.165, 1.54) is 0 Å². The van der Waals surface area contributed by atoms with E-state index >= 15 is 0 Å². The molecule has 80 valence electrons. The van der Waals surface area contributed by atoms with Gasteiger partial charge in [0.2, 0.25) is 0 Å². The largest absolute Gasteiger partial charge is 1.00 e. The summed E-state index contributed by atoms with van der Waals surface area (Å²) in [5.41, 5.74) is 1.96. The summed E-state index contributed by atoms with van der Waals surface area (Å²) in [5, 5.41) is 0. The first kappa shape index (κ1) is 18.0. The van der Waals surface area contributed by atoms with Gasteiger partial charge in [0.05, 0.1) is 0 Å². The van der Waals surface area contributed by atoms with E-state index in [4.69, 9.17) is 0 Å². The number of rotatable bonds is 4. The third-order valence-electron chi connectivity index (χ3n) is 3.72. The number of hydrogen-bond donors (Lipinski definition) is 0. The zero-order valence-electron chi connectivity index (χ0n) is 11.7. The van der Waals surface area contributed by atoms with Crippen LogP contribution in [-0.4, -0.2) is 23.7 Å². The monoisotopic (exact) mass is 254 g/mol. The maximum Gasteiger partial charge on any atom is 1.00 e. The van der Waals surface area contributed by atoms with Gasteiger partial charge in [-0.25, -0.2) is 0 Å². The molecule has 0 aromatic rings. The van der Waals surface area contributed by atoms with E-state index in [2.05, 4.69) is 53.9 Å². The van der Waals surface area contributed by atoms with Gasteiger partial charge in [-0.1, -0.05) is 65.0 Å². The fraction of sp³-hybridized carbons (Fsp3) is 1.00. The molecule has 0 fully saturated rings. The van der Waals surface area contributed by atoms with E-state index < -0.39 is 15.2 Å². The van der Waals surface area contributed by atoms with Gasteiger partial charge in [0, 0.05) is 0 Å². The van der Waals surface area contributed by atoms with Gasteiger partial charge in [-0.05, 0) is 0 Å². The summed E-state index contributed by atoms with van der Waals surface area (Å²) in [6.07, 6.45) is 0. The maximum absolute atomic E-state index is 2.60. The Balaban J connectivity index is 0. The van der Waals surface area contributed by atoms with Crippen LogP contribution in [0.3, 0.4) is 0 Å². The van der Waals surface area contributed by atoms with Crippen LogP contribution in [0.5, 0.6) is 0 Å². The van der Waals surface area contributed by atoms with Crippen molar-refractivity contribution in [2.24, 2.45) is 0 Å². The average Bonchev–Trinajstić information content (AvgIpc) is 1.83. The molecule has 0 bridgehead atoms. The van der Waals surface area contributed by atoms with Gasteiger partial charge in [-0.2, -0.15) is 0 Å².